The van der Waals surface area contributed by atoms with Gasteiger partial charge in [0, 0.05) is 36.8 Å². The number of para-hydroxylation sites is 1. The molecule has 5 rings (SSSR count). The van der Waals surface area contributed by atoms with Crippen LogP contribution in [0.15, 0.2) is 34.9 Å². The molecule has 0 radical (unpaired) electrons. The van der Waals surface area contributed by atoms with Gasteiger partial charge in [-0.05, 0) is 31.9 Å². The molecule has 1 aromatic carbocycles. The van der Waals surface area contributed by atoms with E-state index in [9.17, 15) is 4.79 Å². The Bertz CT molecular complexity index is 1070. The number of carbonyl (C=O) groups excluding carboxylic acids is 1. The minimum Gasteiger partial charge on any atom is -0.496 e. The molecular formula is C22H24N4O3. The lowest BCUT2D eigenvalue weighted by Crippen LogP contribution is -2.48. The van der Waals surface area contributed by atoms with Crippen LogP contribution in [-0.4, -0.2) is 47.7 Å². The van der Waals surface area contributed by atoms with Crippen LogP contribution in [0.3, 0.4) is 0 Å². The van der Waals surface area contributed by atoms with Gasteiger partial charge in [0.1, 0.15) is 5.75 Å². The van der Waals surface area contributed by atoms with Gasteiger partial charge in [0.15, 0.2) is 0 Å². The van der Waals surface area contributed by atoms with Crippen LogP contribution in [0.2, 0.25) is 0 Å². The maximum atomic E-state index is 13.8. The molecule has 0 bridgehead atoms. The van der Waals surface area contributed by atoms with Crippen LogP contribution >= 0.6 is 0 Å². The SMILES string of the molecule is COc1ccccc1C1CNCCN1C(=O)c1cc(C2CC2)nc2onc(C)c12. The number of benzene rings is 1. The van der Waals surface area contributed by atoms with Crippen molar-refractivity contribution in [2.24, 2.45) is 0 Å². The molecule has 1 atom stereocenters. The Labute approximate surface area is 169 Å². The molecule has 29 heavy (non-hydrogen) atoms. The summed E-state index contributed by atoms with van der Waals surface area (Å²) in [7, 11) is 1.66. The Morgan fingerprint density at radius 3 is 2.93 bits per heavy atom. The molecule has 2 aromatic heterocycles. The van der Waals surface area contributed by atoms with Crippen molar-refractivity contribution in [1.29, 1.82) is 0 Å². The summed E-state index contributed by atoms with van der Waals surface area (Å²) in [4.78, 5) is 20.4. The Balaban J connectivity index is 1.59. The second-order valence-corrected chi connectivity index (χ2v) is 7.78. The molecular weight excluding hydrogens is 368 g/mol. The first-order chi connectivity index (χ1) is 14.2. The molecule has 2 aliphatic rings. The number of hydrogen-bond acceptors (Lipinski definition) is 6. The molecule has 3 aromatic rings. The molecule has 3 heterocycles. The van der Waals surface area contributed by atoms with Gasteiger partial charge < -0.3 is 19.5 Å². The van der Waals surface area contributed by atoms with E-state index in [1.54, 1.807) is 7.11 Å². The van der Waals surface area contributed by atoms with E-state index < -0.39 is 0 Å². The minimum atomic E-state index is -0.111. The number of amides is 1. The van der Waals surface area contributed by atoms with Crippen LogP contribution in [0.5, 0.6) is 5.75 Å². The number of nitrogens with zero attached hydrogens (tertiary/aromatic N) is 3. The van der Waals surface area contributed by atoms with Crippen LogP contribution < -0.4 is 10.1 Å². The summed E-state index contributed by atoms with van der Waals surface area (Å²) in [6, 6.07) is 9.73. The number of methoxy groups -OCH3 is 1. The van der Waals surface area contributed by atoms with Crippen LogP contribution in [0.25, 0.3) is 11.1 Å². The van der Waals surface area contributed by atoms with Crippen molar-refractivity contribution in [1.82, 2.24) is 20.4 Å². The zero-order valence-corrected chi connectivity index (χ0v) is 16.6. The van der Waals surface area contributed by atoms with E-state index in [0.29, 0.717) is 36.0 Å². The first-order valence-electron chi connectivity index (χ1n) is 10.1. The van der Waals surface area contributed by atoms with Crippen molar-refractivity contribution in [3.05, 3.63) is 52.8 Å². The van der Waals surface area contributed by atoms with Gasteiger partial charge in [-0.3, -0.25) is 4.79 Å². The second-order valence-electron chi connectivity index (χ2n) is 7.78. The second kappa shape index (κ2) is 7.15. The molecule has 1 aliphatic heterocycles. The van der Waals surface area contributed by atoms with E-state index in [-0.39, 0.29) is 11.9 Å². The maximum absolute atomic E-state index is 13.8. The normalized spacial score (nSPS) is 19.5. The zero-order valence-electron chi connectivity index (χ0n) is 16.6. The summed E-state index contributed by atoms with van der Waals surface area (Å²) in [5, 5.41) is 8.20. The van der Waals surface area contributed by atoms with Gasteiger partial charge >= 0.3 is 0 Å². The van der Waals surface area contributed by atoms with E-state index in [4.69, 9.17) is 9.26 Å². The van der Waals surface area contributed by atoms with Crippen molar-refractivity contribution in [3.8, 4) is 5.75 Å². The van der Waals surface area contributed by atoms with Gasteiger partial charge in [0.2, 0.25) is 0 Å². The number of aryl methyl sites for hydroxylation is 1. The zero-order chi connectivity index (χ0) is 20.0. The third-order valence-corrected chi connectivity index (χ3v) is 5.87. The summed E-state index contributed by atoms with van der Waals surface area (Å²) in [6.45, 7) is 3.91. The molecule has 1 saturated carbocycles. The fourth-order valence-electron chi connectivity index (χ4n) is 4.19. The van der Waals surface area contributed by atoms with Crippen molar-refractivity contribution < 1.29 is 14.1 Å². The summed E-state index contributed by atoms with van der Waals surface area (Å²) in [5.74, 6) is 1.20. The Hall–Kier alpha value is -2.93. The first kappa shape index (κ1) is 18.1. The van der Waals surface area contributed by atoms with Crippen LogP contribution in [0.4, 0.5) is 0 Å². The van der Waals surface area contributed by atoms with E-state index in [0.717, 1.165) is 41.8 Å². The van der Waals surface area contributed by atoms with E-state index in [1.807, 2.05) is 42.2 Å². The fraction of sp³-hybridized carbons (Fsp3) is 0.409. The lowest BCUT2D eigenvalue weighted by atomic mass is 9.99. The number of nitrogens with one attached hydrogen (secondary N) is 1. The van der Waals surface area contributed by atoms with Gasteiger partial charge in [-0.25, -0.2) is 4.98 Å². The average molecular weight is 392 g/mol. The quantitative estimate of drug-likeness (QED) is 0.734. The number of pyridine rings is 1. The number of aromatic nitrogens is 2. The lowest BCUT2D eigenvalue weighted by molar-refractivity contribution is 0.0633. The van der Waals surface area contributed by atoms with E-state index in [1.165, 1.54) is 0 Å². The highest BCUT2D eigenvalue weighted by atomic mass is 16.5. The molecule has 2 fully saturated rings. The van der Waals surface area contributed by atoms with Gasteiger partial charge in [-0.15, -0.1) is 0 Å². The number of hydrogen-bond donors (Lipinski definition) is 1. The number of fused-ring (bicyclic) bond motifs is 1. The number of rotatable bonds is 4. The summed E-state index contributed by atoms with van der Waals surface area (Å²) in [5.41, 5.74) is 3.73. The van der Waals surface area contributed by atoms with E-state index in [2.05, 4.69) is 15.5 Å². The lowest BCUT2D eigenvalue weighted by Gasteiger charge is -2.37. The maximum Gasteiger partial charge on any atom is 0.259 e. The van der Waals surface area contributed by atoms with Crippen LogP contribution in [-0.2, 0) is 0 Å². The predicted molar refractivity (Wildman–Crippen MR) is 108 cm³/mol. The van der Waals surface area contributed by atoms with Crippen molar-refractivity contribution >= 4 is 17.0 Å². The molecule has 1 N–H and O–H groups in total. The van der Waals surface area contributed by atoms with Crippen molar-refractivity contribution in [2.45, 2.75) is 31.7 Å². The van der Waals surface area contributed by atoms with Crippen molar-refractivity contribution in [2.75, 3.05) is 26.7 Å². The van der Waals surface area contributed by atoms with Crippen LogP contribution in [0, 0.1) is 6.92 Å². The third-order valence-electron chi connectivity index (χ3n) is 5.87. The molecule has 7 nitrogen and oxygen atoms in total. The molecule has 1 unspecified atom stereocenters. The van der Waals surface area contributed by atoms with Gasteiger partial charge in [0.05, 0.1) is 29.8 Å². The van der Waals surface area contributed by atoms with Gasteiger partial charge in [-0.1, -0.05) is 23.4 Å². The molecule has 0 spiro atoms. The molecule has 1 aliphatic carbocycles. The monoisotopic (exact) mass is 392 g/mol. The smallest absolute Gasteiger partial charge is 0.259 e. The summed E-state index contributed by atoms with van der Waals surface area (Å²) < 4.78 is 11.0. The van der Waals surface area contributed by atoms with Gasteiger partial charge in [0.25, 0.3) is 11.6 Å². The largest absolute Gasteiger partial charge is 0.496 e. The fourth-order valence-corrected chi connectivity index (χ4v) is 4.19. The standard InChI is InChI=1S/C22H24N4O3/c1-13-20-16(11-17(14-7-8-14)24-21(20)29-25-13)22(27)26-10-9-23-12-18(26)15-5-3-4-6-19(15)28-2/h3-6,11,14,18,23H,7-10,12H2,1-2H3. The highest BCUT2D eigenvalue weighted by molar-refractivity contribution is 6.06. The summed E-state index contributed by atoms with van der Waals surface area (Å²) in [6.07, 6.45) is 2.22. The topological polar surface area (TPSA) is 80.5 Å². The molecule has 150 valence electrons. The molecule has 7 heteroatoms. The number of piperazine rings is 1. The number of ether oxygens (including phenoxy) is 1. The predicted octanol–water partition coefficient (Wildman–Crippen LogP) is 3.20. The van der Waals surface area contributed by atoms with Crippen molar-refractivity contribution in [3.63, 3.8) is 0 Å². The van der Waals surface area contributed by atoms with E-state index >= 15 is 0 Å². The Kier molecular flexibility index (Phi) is 4.47. The summed E-state index contributed by atoms with van der Waals surface area (Å²) >= 11 is 0. The highest BCUT2D eigenvalue weighted by Crippen LogP contribution is 2.41. The average Bonchev–Trinajstić information content (AvgIpc) is 3.56. The molecule has 1 saturated heterocycles. The third kappa shape index (κ3) is 3.15. The molecule has 1 amide bonds. The van der Waals surface area contributed by atoms with Crippen LogP contribution in [0.1, 0.15) is 52.1 Å². The van der Waals surface area contributed by atoms with Gasteiger partial charge in [-0.2, -0.15) is 0 Å². The Morgan fingerprint density at radius 2 is 2.14 bits per heavy atom. The Morgan fingerprint density at radius 1 is 1.31 bits per heavy atom. The minimum absolute atomic E-state index is 0.0111. The number of carbonyl (C=O) groups is 1. The first-order valence-corrected chi connectivity index (χ1v) is 10.1. The highest BCUT2D eigenvalue weighted by Gasteiger charge is 2.34.